The van der Waals surface area contributed by atoms with Crippen molar-refractivity contribution < 1.29 is 0 Å². The zero-order chi connectivity index (χ0) is 41.4. The third-order valence-corrected chi connectivity index (χ3v) is 13.5. The Labute approximate surface area is 364 Å². The van der Waals surface area contributed by atoms with Gasteiger partial charge in [-0.1, -0.05) is 140 Å². The maximum absolute atomic E-state index is 8.98. The molecule has 0 aliphatic heterocycles. The lowest BCUT2D eigenvalue weighted by molar-refractivity contribution is 0.850. The standard InChI is InChI=1S/C59H51N3/c60-55(44-20-6-2-7-21-44)40-45(41-17-4-1-5-18-41)32-31-42-19-10-11-24-49(42)46-35-38-58-54(39-46)52-26-13-14-29-56(52)61(58)48-36-33-43(34-37-48)50-27-16-28-53-51-25-12-15-30-57(51)62(59(50)53)47-22-8-3-9-23-47/h1-4,6-9,12,14-17,19-25,27-30,33,35-40,43,60H,5,10-11,13,18,26,31-32,34H2/b45-40+,60-55?. The van der Waals surface area contributed by atoms with Crippen LogP contribution in [-0.4, -0.2) is 14.8 Å². The van der Waals surface area contributed by atoms with E-state index in [1.165, 1.54) is 88.8 Å². The van der Waals surface area contributed by atoms with Gasteiger partial charge in [0.25, 0.3) is 0 Å². The van der Waals surface area contributed by atoms with Crippen LogP contribution in [0.25, 0.3) is 55.7 Å². The van der Waals surface area contributed by atoms with E-state index >= 15 is 0 Å². The number of fused-ring (bicyclic) bond motifs is 6. The number of nitrogens with one attached hydrogen (secondary N) is 1. The Kier molecular flexibility index (Phi) is 10.1. The molecule has 0 bridgehead atoms. The van der Waals surface area contributed by atoms with Gasteiger partial charge in [-0.25, -0.2) is 0 Å². The molecular formula is C59H51N3. The summed E-state index contributed by atoms with van der Waals surface area (Å²) in [5.41, 5.74) is 18.8. The van der Waals surface area contributed by atoms with Gasteiger partial charge < -0.3 is 14.5 Å². The van der Waals surface area contributed by atoms with Gasteiger partial charge in [-0.05, 0) is 151 Å². The Balaban J connectivity index is 0.904. The Morgan fingerprint density at radius 2 is 1.47 bits per heavy atom. The predicted octanol–water partition coefficient (Wildman–Crippen LogP) is 15.4. The van der Waals surface area contributed by atoms with Crippen LogP contribution < -0.4 is 0 Å². The molecule has 0 amide bonds. The summed E-state index contributed by atoms with van der Waals surface area (Å²) < 4.78 is 4.99. The van der Waals surface area contributed by atoms with Crippen LogP contribution in [0.5, 0.6) is 0 Å². The molecule has 3 nitrogen and oxygen atoms in total. The van der Waals surface area contributed by atoms with Crippen LogP contribution in [0.1, 0.15) is 85.2 Å². The lowest BCUT2D eigenvalue weighted by Gasteiger charge is -2.21. The monoisotopic (exact) mass is 801 g/mol. The molecule has 2 aromatic heterocycles. The van der Waals surface area contributed by atoms with E-state index in [2.05, 4.69) is 167 Å². The molecule has 5 aromatic carbocycles. The summed E-state index contributed by atoms with van der Waals surface area (Å²) in [6, 6.07) is 43.9. The molecule has 0 radical (unpaired) electrons. The highest BCUT2D eigenvalue weighted by molar-refractivity contribution is 6.10. The number of hydrogen-bond acceptors (Lipinski definition) is 1. The largest absolute Gasteiger partial charge is 0.310 e. The molecule has 7 aromatic rings. The molecule has 1 atom stereocenters. The summed E-state index contributed by atoms with van der Waals surface area (Å²) in [4.78, 5) is 0. The number of aryl methyl sites for hydroxylation is 1. The highest BCUT2D eigenvalue weighted by Crippen LogP contribution is 2.43. The van der Waals surface area contributed by atoms with Crippen molar-refractivity contribution in [2.24, 2.45) is 0 Å². The molecule has 0 saturated carbocycles. The van der Waals surface area contributed by atoms with Crippen molar-refractivity contribution in [3.8, 4) is 5.69 Å². The van der Waals surface area contributed by atoms with Crippen molar-refractivity contribution in [1.29, 1.82) is 5.41 Å². The molecule has 4 aliphatic carbocycles. The summed E-state index contributed by atoms with van der Waals surface area (Å²) in [5.74, 6) is 0.266. The van der Waals surface area contributed by atoms with Gasteiger partial charge in [0.1, 0.15) is 0 Å². The maximum atomic E-state index is 8.98. The number of allylic oxidation sites excluding steroid dienone is 15. The number of para-hydroxylation sites is 3. The maximum Gasteiger partial charge on any atom is 0.0615 e. The third kappa shape index (κ3) is 6.92. The van der Waals surface area contributed by atoms with Crippen LogP contribution in [0, 0.1) is 5.41 Å². The summed E-state index contributed by atoms with van der Waals surface area (Å²) in [7, 11) is 0. The zero-order valence-corrected chi connectivity index (χ0v) is 35.2. The average molecular weight is 802 g/mol. The summed E-state index contributed by atoms with van der Waals surface area (Å²) in [5, 5.41) is 13.0. The van der Waals surface area contributed by atoms with E-state index in [0.29, 0.717) is 5.71 Å². The van der Waals surface area contributed by atoms with E-state index in [9.17, 15) is 0 Å². The fraction of sp³-hybridized carbons (Fsp3) is 0.169. The van der Waals surface area contributed by atoms with Crippen molar-refractivity contribution in [2.45, 2.75) is 63.7 Å². The Hall–Kier alpha value is -6.97. The normalized spacial score (nSPS) is 17.5. The molecule has 2 heterocycles. The van der Waals surface area contributed by atoms with Crippen molar-refractivity contribution >= 4 is 55.8 Å². The summed E-state index contributed by atoms with van der Waals surface area (Å²) >= 11 is 0. The van der Waals surface area contributed by atoms with Gasteiger partial charge in [0.15, 0.2) is 0 Å². The molecule has 0 spiro atoms. The SMILES string of the molecule is N=C(/C=C(\CCC1=CCCC=C1c1ccc2c(c1)c1c(n2C2=CCC(c3cccc4c5ccccc5n(-c5ccccc5)c34)C=C2)C=CCC1)C1=CC=CCC1)c1ccccc1. The van der Waals surface area contributed by atoms with E-state index in [4.69, 9.17) is 5.41 Å². The zero-order valence-electron chi connectivity index (χ0n) is 35.2. The van der Waals surface area contributed by atoms with Crippen LogP contribution in [-0.2, 0) is 6.42 Å². The van der Waals surface area contributed by atoms with E-state index in [0.717, 1.165) is 63.4 Å². The third-order valence-electron chi connectivity index (χ3n) is 13.5. The molecular weight excluding hydrogens is 751 g/mol. The second-order valence-electron chi connectivity index (χ2n) is 17.2. The van der Waals surface area contributed by atoms with Gasteiger partial charge in [-0.3, -0.25) is 0 Å². The van der Waals surface area contributed by atoms with Crippen molar-refractivity contribution in [1.82, 2.24) is 9.13 Å². The van der Waals surface area contributed by atoms with Gasteiger partial charge in [-0.15, -0.1) is 0 Å². The van der Waals surface area contributed by atoms with Gasteiger partial charge in [0.2, 0.25) is 0 Å². The fourth-order valence-electron chi connectivity index (χ4n) is 10.5. The predicted molar refractivity (Wildman–Crippen MR) is 263 cm³/mol. The van der Waals surface area contributed by atoms with Crippen LogP contribution >= 0.6 is 0 Å². The summed E-state index contributed by atoms with van der Waals surface area (Å²) in [6.07, 6.45) is 34.9. The molecule has 4 aliphatic rings. The first-order valence-electron chi connectivity index (χ1n) is 22.6. The number of benzene rings is 5. The highest BCUT2D eigenvalue weighted by Gasteiger charge is 2.25. The number of aromatic nitrogens is 2. The van der Waals surface area contributed by atoms with Gasteiger partial charge in [0, 0.05) is 39.2 Å². The minimum absolute atomic E-state index is 0.266. The van der Waals surface area contributed by atoms with E-state index in [-0.39, 0.29) is 5.92 Å². The number of rotatable bonds is 10. The molecule has 0 saturated heterocycles. The molecule has 1 unspecified atom stereocenters. The van der Waals surface area contributed by atoms with Gasteiger partial charge >= 0.3 is 0 Å². The smallest absolute Gasteiger partial charge is 0.0615 e. The van der Waals surface area contributed by atoms with E-state index < -0.39 is 0 Å². The minimum atomic E-state index is 0.266. The van der Waals surface area contributed by atoms with Gasteiger partial charge in [0.05, 0.1) is 22.3 Å². The van der Waals surface area contributed by atoms with E-state index in [1.807, 2.05) is 30.3 Å². The number of hydrogen-bond donors (Lipinski definition) is 1. The highest BCUT2D eigenvalue weighted by atomic mass is 15.0. The first kappa shape index (κ1) is 38.0. The Morgan fingerprint density at radius 3 is 2.31 bits per heavy atom. The molecule has 302 valence electrons. The topological polar surface area (TPSA) is 33.7 Å². The van der Waals surface area contributed by atoms with Crippen molar-refractivity contribution in [3.05, 3.63) is 227 Å². The molecule has 11 rings (SSSR count). The van der Waals surface area contributed by atoms with Crippen LogP contribution in [0.3, 0.4) is 0 Å². The first-order chi connectivity index (χ1) is 30.7. The first-order valence-corrected chi connectivity index (χ1v) is 22.6. The molecule has 0 fully saturated rings. The fourth-order valence-corrected chi connectivity index (χ4v) is 10.5. The average Bonchev–Trinajstić information content (AvgIpc) is 3.86. The Bertz CT molecular complexity index is 3150. The summed E-state index contributed by atoms with van der Waals surface area (Å²) in [6.45, 7) is 0. The molecule has 62 heavy (non-hydrogen) atoms. The van der Waals surface area contributed by atoms with E-state index in [1.54, 1.807) is 0 Å². The van der Waals surface area contributed by atoms with Gasteiger partial charge in [-0.2, -0.15) is 0 Å². The van der Waals surface area contributed by atoms with Crippen LogP contribution in [0.4, 0.5) is 0 Å². The Morgan fingerprint density at radius 1 is 0.677 bits per heavy atom. The second-order valence-corrected chi connectivity index (χ2v) is 17.2. The quantitative estimate of drug-likeness (QED) is 0.134. The van der Waals surface area contributed by atoms with Crippen LogP contribution in [0.15, 0.2) is 199 Å². The lowest BCUT2D eigenvalue weighted by atomic mass is 9.85. The van der Waals surface area contributed by atoms with Crippen molar-refractivity contribution in [3.63, 3.8) is 0 Å². The van der Waals surface area contributed by atoms with Crippen molar-refractivity contribution in [2.75, 3.05) is 0 Å². The molecule has 3 heteroatoms. The second kappa shape index (κ2) is 16.5. The van der Waals surface area contributed by atoms with Crippen LogP contribution in [0.2, 0.25) is 0 Å². The minimum Gasteiger partial charge on any atom is -0.310 e. The molecule has 1 N–H and O–H groups in total. The number of nitrogens with zero attached hydrogens (tertiary/aromatic N) is 2. The lowest BCUT2D eigenvalue weighted by Crippen LogP contribution is -2.06.